The Morgan fingerprint density at radius 1 is 0.833 bits per heavy atom. The van der Waals surface area contributed by atoms with Gasteiger partial charge < -0.3 is 26.2 Å². The third-order valence-electron chi connectivity index (χ3n) is 2.35. The zero-order chi connectivity index (χ0) is 13.6. The van der Waals surface area contributed by atoms with E-state index in [9.17, 15) is 0 Å². The predicted octanol–water partition coefficient (Wildman–Crippen LogP) is 1.91. The molecule has 4 nitrogen and oxygen atoms in total. The average molecular weight is 312 g/mol. The third-order valence-corrected chi connectivity index (χ3v) is 2.35. The van der Waals surface area contributed by atoms with Crippen LogP contribution in [0.5, 0.6) is 0 Å². The molecule has 0 N–H and O–H groups in total. The van der Waals surface area contributed by atoms with E-state index < -0.39 is 7.82 Å². The van der Waals surface area contributed by atoms with Crippen molar-refractivity contribution in [1.29, 1.82) is 0 Å². The van der Waals surface area contributed by atoms with Gasteiger partial charge in [0.05, 0.1) is 0 Å². The Kier molecular flexibility index (Phi) is 23.7. The maximum absolute atomic E-state index is 8.55. The zero-order valence-corrected chi connectivity index (χ0v) is 13.8. The van der Waals surface area contributed by atoms with Gasteiger partial charge in [0.2, 0.25) is 0 Å². The van der Waals surface area contributed by atoms with Crippen LogP contribution in [0.1, 0.15) is 71.1 Å². The summed E-state index contributed by atoms with van der Waals surface area (Å²) in [7, 11) is -5.39. The molecule has 0 heterocycles. The van der Waals surface area contributed by atoms with Gasteiger partial charge in [-0.2, -0.15) is 14.2 Å². The molecular weight excluding hydrogens is 287 g/mol. The fourth-order valence-electron chi connectivity index (χ4n) is 1.49. The van der Waals surface area contributed by atoms with Crippen molar-refractivity contribution in [2.45, 2.75) is 71.1 Å². The number of unbranched alkanes of at least 4 members (excludes halogenated alkanes) is 9. The van der Waals surface area contributed by atoms with E-state index in [1.165, 1.54) is 57.8 Å². The summed E-state index contributed by atoms with van der Waals surface area (Å²) < 4.78 is 8.55. The molecule has 0 aromatic heterocycles. The molecule has 0 saturated carbocycles. The fraction of sp³-hybridized carbons (Fsp3) is 0.917. The predicted molar refractivity (Wildman–Crippen MR) is 64.8 cm³/mol. The molecule has 0 aliphatic carbocycles. The van der Waals surface area contributed by atoms with Crippen LogP contribution in [-0.2, 0) is 26.3 Å². The summed E-state index contributed by atoms with van der Waals surface area (Å²) in [5.74, 6) is 0. The topological polar surface area (TPSA) is 86.2 Å². The van der Waals surface area contributed by atoms with Crippen LogP contribution >= 0.6 is 7.82 Å². The molecule has 0 spiro atoms. The second-order valence-corrected chi connectivity index (χ2v) is 5.02. The van der Waals surface area contributed by atoms with E-state index in [1.54, 1.807) is 0 Å². The van der Waals surface area contributed by atoms with Gasteiger partial charge in [0.15, 0.2) is 0 Å². The standard InChI is InChI=1S/C12H25.H3O4P.Ti/c1-3-5-7-9-11-12-10-8-6-4-2;1-5(2,3)4;/h1,3-12H2,2H3;(H3,1,2,3,4);/q-1;;+4/p-3. The maximum Gasteiger partial charge on any atom is 4.00 e. The molecule has 0 rings (SSSR count). The van der Waals surface area contributed by atoms with Gasteiger partial charge in [0, 0.05) is 0 Å². The van der Waals surface area contributed by atoms with Crippen LogP contribution in [0.4, 0.5) is 0 Å². The van der Waals surface area contributed by atoms with E-state index in [1.807, 2.05) is 0 Å². The first kappa shape index (κ1) is 23.9. The normalized spacial score (nSPS) is 10.3. The molecule has 0 aliphatic rings. The first-order valence-electron chi connectivity index (χ1n) is 6.44. The van der Waals surface area contributed by atoms with Gasteiger partial charge in [-0.1, -0.05) is 64.7 Å². The van der Waals surface area contributed by atoms with Crippen LogP contribution in [0, 0.1) is 6.92 Å². The van der Waals surface area contributed by atoms with Crippen molar-refractivity contribution >= 4 is 7.82 Å². The molecule has 0 saturated heterocycles. The van der Waals surface area contributed by atoms with Crippen molar-refractivity contribution in [2.24, 2.45) is 0 Å². The van der Waals surface area contributed by atoms with Gasteiger partial charge in [0.25, 0.3) is 0 Å². The van der Waals surface area contributed by atoms with Gasteiger partial charge in [-0.05, 0) is 0 Å². The van der Waals surface area contributed by atoms with Crippen molar-refractivity contribution in [1.82, 2.24) is 0 Å². The SMILES string of the molecule is O=P([O-])([O-])[O-].[CH2-]CCCCCCCCCCC.[Ti+4]. The minimum Gasteiger partial charge on any atom is -0.822 e. The van der Waals surface area contributed by atoms with Gasteiger partial charge >= 0.3 is 21.7 Å². The van der Waals surface area contributed by atoms with Crippen LogP contribution in [0.3, 0.4) is 0 Å². The quantitative estimate of drug-likeness (QED) is 0.282. The van der Waals surface area contributed by atoms with E-state index >= 15 is 0 Å². The van der Waals surface area contributed by atoms with Gasteiger partial charge in [-0.15, -0.1) is 0 Å². The van der Waals surface area contributed by atoms with Gasteiger partial charge in [-0.25, -0.2) is 0 Å². The Morgan fingerprint density at radius 2 is 1.11 bits per heavy atom. The van der Waals surface area contributed by atoms with Crippen molar-refractivity contribution < 1.29 is 41.0 Å². The molecule has 6 heteroatoms. The second-order valence-electron chi connectivity index (χ2n) is 4.13. The van der Waals surface area contributed by atoms with E-state index in [-0.39, 0.29) is 21.7 Å². The molecule has 0 fully saturated rings. The second kappa shape index (κ2) is 17.8. The van der Waals surface area contributed by atoms with Crippen molar-refractivity contribution in [2.75, 3.05) is 0 Å². The van der Waals surface area contributed by atoms with E-state index in [0.717, 1.165) is 6.42 Å². The van der Waals surface area contributed by atoms with Crippen LogP contribution in [0.25, 0.3) is 0 Å². The summed E-state index contributed by atoms with van der Waals surface area (Å²) >= 11 is 0. The minimum absolute atomic E-state index is 0. The number of rotatable bonds is 9. The van der Waals surface area contributed by atoms with Gasteiger partial charge in [0.1, 0.15) is 0 Å². The van der Waals surface area contributed by atoms with E-state index in [2.05, 4.69) is 13.8 Å². The van der Waals surface area contributed by atoms with Crippen LogP contribution in [0.2, 0.25) is 0 Å². The molecule has 0 atom stereocenters. The van der Waals surface area contributed by atoms with Crippen LogP contribution in [-0.4, -0.2) is 0 Å². The molecule has 106 valence electrons. The summed E-state index contributed by atoms with van der Waals surface area (Å²) in [6, 6.07) is 0. The largest absolute Gasteiger partial charge is 4.00 e. The summed E-state index contributed by atoms with van der Waals surface area (Å²) in [5, 5.41) is 0. The molecule has 0 aliphatic heterocycles. The van der Waals surface area contributed by atoms with Crippen molar-refractivity contribution in [3.8, 4) is 0 Å². The van der Waals surface area contributed by atoms with Crippen LogP contribution < -0.4 is 14.7 Å². The van der Waals surface area contributed by atoms with Crippen LogP contribution in [0.15, 0.2) is 0 Å². The third kappa shape index (κ3) is 43.6. The molecule has 0 unspecified atom stereocenters. The Morgan fingerprint density at radius 3 is 1.39 bits per heavy atom. The molecule has 18 heavy (non-hydrogen) atoms. The minimum atomic E-state index is -5.39. The Hall–Kier alpha value is 0.824. The fourth-order valence-corrected chi connectivity index (χ4v) is 1.49. The van der Waals surface area contributed by atoms with Crippen molar-refractivity contribution in [3.63, 3.8) is 0 Å². The Bertz CT molecular complexity index is 167. The molecule has 0 aromatic rings. The average Bonchev–Trinajstić information content (AvgIpc) is 2.20. The number of hydrogen-bond donors (Lipinski definition) is 0. The van der Waals surface area contributed by atoms with Gasteiger partial charge in [-0.3, -0.25) is 0 Å². The summed E-state index contributed by atoms with van der Waals surface area (Å²) in [5.41, 5.74) is 0. The molecule has 0 bridgehead atoms. The Balaban J connectivity index is -0.000000321. The summed E-state index contributed by atoms with van der Waals surface area (Å²) in [6.45, 7) is 6.12. The zero-order valence-electron chi connectivity index (χ0n) is 11.4. The Labute approximate surface area is 127 Å². The molecule has 0 aromatic carbocycles. The van der Waals surface area contributed by atoms with Crippen molar-refractivity contribution in [3.05, 3.63) is 6.92 Å². The molecular formula is C12H25O4PTi. The first-order chi connectivity index (χ1) is 7.91. The number of hydrogen-bond acceptors (Lipinski definition) is 4. The molecule has 0 radical (unpaired) electrons. The summed E-state index contributed by atoms with van der Waals surface area (Å²) in [4.78, 5) is 25.6. The maximum atomic E-state index is 8.55. The molecule has 0 amide bonds. The van der Waals surface area contributed by atoms with E-state index in [0.29, 0.717) is 0 Å². The number of phosphoric acid groups is 1. The monoisotopic (exact) mass is 312 g/mol. The smallest absolute Gasteiger partial charge is 0.822 e. The first-order valence-corrected chi connectivity index (χ1v) is 7.90. The van der Waals surface area contributed by atoms with E-state index in [4.69, 9.17) is 19.2 Å². The summed E-state index contributed by atoms with van der Waals surface area (Å²) in [6.07, 6.45) is 13.9.